The van der Waals surface area contributed by atoms with E-state index < -0.39 is 32.1 Å². The molecule has 0 aliphatic heterocycles. The fraction of sp³-hybridized carbons (Fsp3) is 0.400. The van der Waals surface area contributed by atoms with Crippen molar-refractivity contribution in [2.75, 3.05) is 11.9 Å². The van der Waals surface area contributed by atoms with E-state index in [1.807, 2.05) is 0 Å². The molecule has 0 unspecified atom stereocenters. The quantitative estimate of drug-likeness (QED) is 0.435. The molecule has 0 aliphatic rings. The molecule has 0 bridgehead atoms. The van der Waals surface area contributed by atoms with E-state index in [1.165, 1.54) is 15.6 Å². The smallest absolute Gasteiger partial charge is 0.249 e. The van der Waals surface area contributed by atoms with Gasteiger partial charge in [-0.3, -0.25) is 9.11 Å². The van der Waals surface area contributed by atoms with Gasteiger partial charge in [0.1, 0.15) is 0 Å². The zero-order valence-corrected chi connectivity index (χ0v) is 14.2. The van der Waals surface area contributed by atoms with Crippen LogP contribution in [0, 0.1) is 13.8 Å². The number of rotatable bonds is 2. The van der Waals surface area contributed by atoms with Crippen molar-refractivity contribution in [2.45, 2.75) is 13.8 Å². The molecule has 0 saturated carbocycles. The van der Waals surface area contributed by atoms with Crippen LogP contribution in [0.5, 0.6) is 0 Å². The topological polar surface area (TPSA) is 155 Å². The minimum absolute atomic E-state index is 1.30. The van der Waals surface area contributed by atoms with Gasteiger partial charge < -0.3 is 10.2 Å². The van der Waals surface area contributed by atoms with Gasteiger partial charge in [-0.1, -0.05) is 0 Å². The molecule has 0 aromatic heterocycles. The van der Waals surface area contributed by atoms with Crippen LogP contribution in [0.2, 0.25) is 0 Å². The Morgan fingerprint density at radius 2 is 1.33 bits per heavy atom. The minimum Gasteiger partial charge on any atom is -0.841 e. The van der Waals surface area contributed by atoms with E-state index >= 15 is 0 Å². The molecule has 0 atom stereocenters. The number of hydrogen-bond donors (Lipinski definition) is 2. The van der Waals surface area contributed by atoms with Crippen molar-refractivity contribution in [3.63, 3.8) is 0 Å². The third-order valence-corrected chi connectivity index (χ3v) is 3.17. The molecule has 8 nitrogen and oxygen atoms in total. The van der Waals surface area contributed by atoms with E-state index in [4.69, 9.17) is 19.3 Å². The second-order valence-corrected chi connectivity index (χ2v) is 7.11. The van der Waals surface area contributed by atoms with Gasteiger partial charge in [-0.15, -0.1) is 0 Å². The van der Waals surface area contributed by atoms with Crippen LogP contribution in [-0.2, 0) is 20.2 Å². The van der Waals surface area contributed by atoms with Crippen molar-refractivity contribution in [2.24, 2.45) is 0 Å². The average molecular weight is 354 g/mol. The van der Waals surface area contributed by atoms with E-state index in [1.54, 1.807) is 0 Å². The fourth-order valence-electron chi connectivity index (χ4n) is 0.774. The Labute approximate surface area is 132 Å². The SMILES string of the molecule is Cc1ccc[c]([Al+2])c1C.O=S(=O)(O)C[O-].O=S(=O)(O)C[O-]. The molecule has 21 heavy (non-hydrogen) atoms. The summed E-state index contributed by atoms with van der Waals surface area (Å²) in [5.74, 6) is -2.90. The minimum atomic E-state index is -4.22. The van der Waals surface area contributed by atoms with Gasteiger partial charge in [0.15, 0.2) is 0 Å². The van der Waals surface area contributed by atoms with Crippen LogP contribution in [0.25, 0.3) is 0 Å². The molecule has 1 aromatic carbocycles. The van der Waals surface area contributed by atoms with Crippen LogP contribution in [0.4, 0.5) is 0 Å². The third kappa shape index (κ3) is 15.7. The maximum Gasteiger partial charge on any atom is 0.249 e. The maximum atomic E-state index is 9.24. The summed E-state index contributed by atoms with van der Waals surface area (Å²) in [5.41, 5.74) is 2.74. The Bertz CT molecular complexity index is 572. The molecule has 2 N–H and O–H groups in total. The standard InChI is InChI=1S/C8H9.2CH3O4S.Al/c1-7-5-3-4-6-8(7)2;2*2-1-6(3,4)5;/h3-5H,1-2H3;2*1H2,(H,3,4,5);/q;2*-1;+2. The molecule has 0 radical (unpaired) electrons. The second-order valence-electron chi connectivity index (χ2n) is 3.69. The summed E-state index contributed by atoms with van der Waals surface area (Å²) in [4.78, 5) is 0. The third-order valence-electron chi connectivity index (χ3n) is 1.94. The molecule has 0 amide bonds. The molecule has 0 spiro atoms. The van der Waals surface area contributed by atoms with Gasteiger partial charge in [-0.2, -0.15) is 0 Å². The van der Waals surface area contributed by atoms with Crippen molar-refractivity contribution < 1.29 is 36.2 Å². The Morgan fingerprint density at radius 3 is 1.52 bits per heavy atom. The first-order valence-electron chi connectivity index (χ1n) is 5.22. The summed E-state index contributed by atoms with van der Waals surface area (Å²) in [6, 6.07) is 6.31. The Morgan fingerprint density at radius 1 is 1.00 bits per heavy atom. The van der Waals surface area contributed by atoms with Crippen molar-refractivity contribution in [1.29, 1.82) is 0 Å². The Balaban J connectivity index is 0. The molecule has 1 aromatic rings. The van der Waals surface area contributed by atoms with Crippen LogP contribution < -0.4 is 14.6 Å². The Hall–Kier alpha value is -0.508. The zero-order chi connectivity index (χ0) is 17.3. The predicted octanol–water partition coefficient (Wildman–Crippen LogP) is -2.52. The van der Waals surface area contributed by atoms with Crippen LogP contribution in [-0.4, -0.2) is 54.1 Å². The van der Waals surface area contributed by atoms with E-state index in [9.17, 15) is 16.8 Å². The van der Waals surface area contributed by atoms with Gasteiger partial charge in [-0.05, 0) is 11.9 Å². The maximum absolute atomic E-state index is 9.24. The summed E-state index contributed by atoms with van der Waals surface area (Å²) in [7, 11) is -8.44. The molecule has 11 heteroatoms. The predicted molar refractivity (Wildman–Crippen MR) is 74.1 cm³/mol. The van der Waals surface area contributed by atoms with Crippen molar-refractivity contribution in [3.05, 3.63) is 29.3 Å². The van der Waals surface area contributed by atoms with E-state index in [0.29, 0.717) is 0 Å². The normalized spacial score (nSPS) is 10.9. The molecule has 0 saturated heterocycles. The first-order valence-corrected chi connectivity index (χ1v) is 9.01. The van der Waals surface area contributed by atoms with E-state index in [2.05, 4.69) is 48.3 Å². The van der Waals surface area contributed by atoms with Crippen molar-refractivity contribution >= 4 is 41.0 Å². The monoisotopic (exact) mass is 354 g/mol. The molecule has 0 fully saturated rings. The van der Waals surface area contributed by atoms with Gasteiger partial charge in [0.05, 0.1) is 0 Å². The van der Waals surface area contributed by atoms with E-state index in [0.717, 1.165) is 0 Å². The van der Waals surface area contributed by atoms with Gasteiger partial charge >= 0.3 is 63.9 Å². The number of aryl methyl sites for hydroxylation is 1. The Kier molecular flexibility index (Phi) is 11.1. The second kappa shape index (κ2) is 10.3. The molecular weight excluding hydrogens is 339 g/mol. The summed E-state index contributed by atoms with van der Waals surface area (Å²) in [6.07, 6.45) is 0. The summed E-state index contributed by atoms with van der Waals surface area (Å²) in [5, 5.41) is 18.2. The number of hydrogen-bond acceptors (Lipinski definition) is 6. The van der Waals surface area contributed by atoms with Gasteiger partial charge in [0.2, 0.25) is 20.2 Å². The van der Waals surface area contributed by atoms with Gasteiger partial charge in [-0.25, -0.2) is 16.8 Å². The van der Waals surface area contributed by atoms with E-state index in [-0.39, 0.29) is 0 Å². The largest absolute Gasteiger partial charge is 0.841 e. The summed E-state index contributed by atoms with van der Waals surface area (Å²) >= 11 is 2.72. The zero-order valence-electron chi connectivity index (χ0n) is 11.4. The molecular formula is C10H15AlO8S2. The molecule has 0 aliphatic carbocycles. The summed E-state index contributed by atoms with van der Waals surface area (Å²) < 4.78 is 53.2. The van der Waals surface area contributed by atoms with Crippen molar-refractivity contribution in [1.82, 2.24) is 0 Å². The van der Waals surface area contributed by atoms with Crippen LogP contribution in [0.15, 0.2) is 18.2 Å². The molecule has 118 valence electrons. The number of benzene rings is 1. The molecule has 0 heterocycles. The average Bonchev–Trinajstić information content (AvgIpc) is 2.36. The fourth-order valence-corrected chi connectivity index (χ4v) is 1.11. The van der Waals surface area contributed by atoms with Crippen LogP contribution in [0.3, 0.4) is 0 Å². The van der Waals surface area contributed by atoms with Crippen LogP contribution in [0.1, 0.15) is 11.1 Å². The van der Waals surface area contributed by atoms with Crippen LogP contribution >= 0.6 is 0 Å². The first-order chi connectivity index (χ1) is 9.34. The first kappa shape index (κ1) is 22.8. The van der Waals surface area contributed by atoms with Gasteiger partial charge in [0, 0.05) is 0 Å². The van der Waals surface area contributed by atoms with Crippen molar-refractivity contribution in [3.8, 4) is 0 Å². The molecule has 1 rings (SSSR count). The van der Waals surface area contributed by atoms with Gasteiger partial charge in [0.25, 0.3) is 0 Å². The summed E-state index contributed by atoms with van der Waals surface area (Å²) in [6.45, 7) is 4.26.